The van der Waals surface area contributed by atoms with Crippen molar-refractivity contribution in [3.05, 3.63) is 35.4 Å². The summed E-state index contributed by atoms with van der Waals surface area (Å²) < 4.78 is 0. The summed E-state index contributed by atoms with van der Waals surface area (Å²) in [4.78, 5) is 59.8. The second kappa shape index (κ2) is 16.3. The molecule has 50 heavy (non-hydrogen) atoms. The molecule has 0 aliphatic carbocycles. The number of carbonyl (C=O) groups excluding carboxylic acids is 3. The van der Waals surface area contributed by atoms with Crippen LogP contribution >= 0.6 is 0 Å². The van der Waals surface area contributed by atoms with Gasteiger partial charge >= 0.3 is 0 Å². The van der Waals surface area contributed by atoms with Gasteiger partial charge in [-0.25, -0.2) is 9.97 Å². The highest BCUT2D eigenvalue weighted by Gasteiger charge is 2.26. The van der Waals surface area contributed by atoms with Gasteiger partial charge in [0.15, 0.2) is 0 Å². The molecule has 0 radical (unpaired) electrons. The van der Waals surface area contributed by atoms with E-state index in [4.69, 9.17) is 9.97 Å². The number of carbonyl (C=O) groups is 3. The Labute approximate surface area is 297 Å². The molecule has 0 bridgehead atoms. The first-order valence-electron chi connectivity index (χ1n) is 18.6. The standard InChI is InChI=1S/C37H56N10O3/c1-27-23-33(38-31-7-11-43(12-8-31)28(2)48)40-35(24-27)46-19-21-47(22-20-46)37(50)6-5-30-25-34(39-32-9-13-44(14-10-32)29(3)49)41-36(26-30)45-17-15-42(4)16-18-45/h23-26,31-32H,5-22H2,1-4H3,(H,38,40)(H,39,41). The highest BCUT2D eigenvalue weighted by atomic mass is 16.2. The van der Waals surface area contributed by atoms with Gasteiger partial charge in [-0.1, -0.05) is 0 Å². The zero-order chi connectivity index (χ0) is 35.2. The molecule has 2 aromatic rings. The van der Waals surface area contributed by atoms with Crippen LogP contribution in [0.4, 0.5) is 23.3 Å². The molecule has 4 aliphatic rings. The maximum absolute atomic E-state index is 13.5. The molecule has 13 heteroatoms. The summed E-state index contributed by atoms with van der Waals surface area (Å²) in [7, 11) is 2.16. The Balaban J connectivity index is 1.03. The van der Waals surface area contributed by atoms with Crippen LogP contribution in [0.2, 0.25) is 0 Å². The minimum absolute atomic E-state index is 0.139. The molecule has 272 valence electrons. The van der Waals surface area contributed by atoms with Crippen molar-refractivity contribution < 1.29 is 14.4 Å². The van der Waals surface area contributed by atoms with Crippen molar-refractivity contribution in [3.63, 3.8) is 0 Å². The van der Waals surface area contributed by atoms with Gasteiger partial charge in [0.1, 0.15) is 23.3 Å². The molecule has 0 saturated carbocycles. The molecule has 4 saturated heterocycles. The summed E-state index contributed by atoms with van der Waals surface area (Å²) in [6.45, 7) is 15.2. The summed E-state index contributed by atoms with van der Waals surface area (Å²) in [5, 5.41) is 7.28. The molecule has 4 fully saturated rings. The van der Waals surface area contributed by atoms with Gasteiger partial charge in [0.25, 0.3) is 0 Å². The third-order valence-electron chi connectivity index (χ3n) is 10.8. The molecule has 6 rings (SSSR count). The van der Waals surface area contributed by atoms with Crippen LogP contribution in [-0.4, -0.2) is 145 Å². The number of piperidine rings is 2. The zero-order valence-corrected chi connectivity index (χ0v) is 30.5. The Morgan fingerprint density at radius 2 is 1.12 bits per heavy atom. The van der Waals surface area contributed by atoms with Crippen LogP contribution in [0.5, 0.6) is 0 Å². The van der Waals surface area contributed by atoms with E-state index in [1.54, 1.807) is 13.8 Å². The van der Waals surface area contributed by atoms with Gasteiger partial charge < -0.3 is 40.0 Å². The topological polar surface area (TPSA) is 120 Å². The lowest BCUT2D eigenvalue weighted by Crippen LogP contribution is -2.49. The van der Waals surface area contributed by atoms with Crippen molar-refractivity contribution in [2.45, 2.75) is 71.4 Å². The predicted molar refractivity (Wildman–Crippen MR) is 198 cm³/mol. The monoisotopic (exact) mass is 688 g/mol. The predicted octanol–water partition coefficient (Wildman–Crippen LogP) is 2.66. The number of nitrogens with one attached hydrogen (secondary N) is 2. The highest BCUT2D eigenvalue weighted by Crippen LogP contribution is 2.25. The minimum Gasteiger partial charge on any atom is -0.367 e. The van der Waals surface area contributed by atoms with Crippen LogP contribution in [0.3, 0.4) is 0 Å². The molecule has 2 N–H and O–H groups in total. The van der Waals surface area contributed by atoms with Gasteiger partial charge in [0.2, 0.25) is 17.7 Å². The smallest absolute Gasteiger partial charge is 0.223 e. The van der Waals surface area contributed by atoms with Crippen molar-refractivity contribution in [3.8, 4) is 0 Å². The van der Waals surface area contributed by atoms with Gasteiger partial charge in [-0.2, -0.15) is 0 Å². The number of pyridine rings is 2. The first kappa shape index (κ1) is 35.7. The number of piperazine rings is 2. The molecule has 6 heterocycles. The van der Waals surface area contributed by atoms with E-state index in [2.05, 4.69) is 63.6 Å². The Bertz CT molecular complexity index is 1490. The number of aryl methyl sites for hydroxylation is 2. The average Bonchev–Trinajstić information content (AvgIpc) is 3.11. The van der Waals surface area contributed by atoms with E-state index in [0.717, 1.165) is 126 Å². The van der Waals surface area contributed by atoms with Crippen LogP contribution in [0.15, 0.2) is 24.3 Å². The second-order valence-corrected chi connectivity index (χ2v) is 14.6. The van der Waals surface area contributed by atoms with Crippen molar-refractivity contribution in [2.24, 2.45) is 0 Å². The summed E-state index contributed by atoms with van der Waals surface area (Å²) in [6, 6.07) is 9.07. The third-order valence-corrected chi connectivity index (χ3v) is 10.8. The summed E-state index contributed by atoms with van der Waals surface area (Å²) in [5.41, 5.74) is 2.28. The molecule has 13 nitrogen and oxygen atoms in total. The van der Waals surface area contributed by atoms with Crippen LogP contribution in [0, 0.1) is 6.92 Å². The third kappa shape index (κ3) is 9.35. The number of hydrogen-bond donors (Lipinski definition) is 2. The molecule has 0 atom stereocenters. The summed E-state index contributed by atoms with van der Waals surface area (Å²) >= 11 is 0. The first-order chi connectivity index (χ1) is 24.1. The van der Waals surface area contributed by atoms with E-state index in [9.17, 15) is 14.4 Å². The van der Waals surface area contributed by atoms with Crippen LogP contribution in [0.25, 0.3) is 0 Å². The molecule has 0 aromatic carbocycles. The largest absolute Gasteiger partial charge is 0.367 e. The van der Waals surface area contributed by atoms with Gasteiger partial charge in [-0.05, 0) is 81.5 Å². The van der Waals surface area contributed by atoms with E-state index in [1.807, 2.05) is 14.7 Å². The fourth-order valence-corrected chi connectivity index (χ4v) is 7.56. The SMILES string of the molecule is CC(=O)N1CCC(Nc2cc(CCC(=O)N3CCN(c4cc(C)cc(NC5CCN(C(C)=O)CC5)n4)CC3)cc(N3CCN(C)CC3)n2)CC1. The lowest BCUT2D eigenvalue weighted by atomic mass is 10.0. The summed E-state index contributed by atoms with van der Waals surface area (Å²) in [5.74, 6) is 4.13. The molecule has 3 amide bonds. The maximum atomic E-state index is 13.5. The Morgan fingerprint density at radius 3 is 1.64 bits per heavy atom. The number of aromatic nitrogens is 2. The molecule has 4 aliphatic heterocycles. The average molecular weight is 689 g/mol. The van der Waals surface area contributed by atoms with E-state index < -0.39 is 0 Å². The minimum atomic E-state index is 0.139. The highest BCUT2D eigenvalue weighted by molar-refractivity contribution is 5.77. The maximum Gasteiger partial charge on any atom is 0.223 e. The molecule has 0 spiro atoms. The number of rotatable bonds is 9. The van der Waals surface area contributed by atoms with Crippen molar-refractivity contribution in [1.82, 2.24) is 29.6 Å². The fourth-order valence-electron chi connectivity index (χ4n) is 7.56. The molecular weight excluding hydrogens is 632 g/mol. The van der Waals surface area contributed by atoms with Crippen molar-refractivity contribution in [1.29, 1.82) is 0 Å². The number of nitrogens with zero attached hydrogens (tertiary/aromatic N) is 8. The number of amides is 3. The van der Waals surface area contributed by atoms with E-state index in [-0.39, 0.29) is 23.8 Å². The van der Waals surface area contributed by atoms with Gasteiger partial charge in [-0.3, -0.25) is 14.4 Å². The van der Waals surface area contributed by atoms with E-state index in [1.165, 1.54) is 0 Å². The van der Waals surface area contributed by atoms with Gasteiger partial charge in [0.05, 0.1) is 0 Å². The normalized spacial score (nSPS) is 19.9. The Morgan fingerprint density at radius 1 is 0.640 bits per heavy atom. The number of likely N-dealkylation sites (tertiary alicyclic amines) is 2. The molecule has 2 aromatic heterocycles. The Hall–Kier alpha value is -4.13. The van der Waals surface area contributed by atoms with Gasteiger partial charge in [-0.15, -0.1) is 0 Å². The molecule has 0 unspecified atom stereocenters. The number of hydrogen-bond acceptors (Lipinski definition) is 10. The number of likely N-dealkylation sites (N-methyl/N-ethyl adjacent to an activating group) is 1. The van der Waals surface area contributed by atoms with E-state index in [0.29, 0.717) is 32.0 Å². The zero-order valence-electron chi connectivity index (χ0n) is 30.5. The fraction of sp³-hybridized carbons (Fsp3) is 0.649. The van der Waals surface area contributed by atoms with Crippen molar-refractivity contribution >= 4 is 41.0 Å². The quantitative estimate of drug-likeness (QED) is 0.407. The van der Waals surface area contributed by atoms with Crippen molar-refractivity contribution in [2.75, 3.05) is 106 Å². The van der Waals surface area contributed by atoms with Crippen LogP contribution in [0.1, 0.15) is 57.1 Å². The van der Waals surface area contributed by atoms with Gasteiger partial charge in [0, 0.05) is 111 Å². The lowest BCUT2D eigenvalue weighted by Gasteiger charge is -2.36. The van der Waals surface area contributed by atoms with E-state index >= 15 is 0 Å². The Kier molecular flexibility index (Phi) is 11.6. The van der Waals surface area contributed by atoms with Crippen LogP contribution < -0.4 is 20.4 Å². The second-order valence-electron chi connectivity index (χ2n) is 14.6. The summed E-state index contributed by atoms with van der Waals surface area (Å²) in [6.07, 6.45) is 4.76. The molecular formula is C37H56N10O3. The number of anilines is 4. The lowest BCUT2D eigenvalue weighted by molar-refractivity contribution is -0.131. The first-order valence-corrected chi connectivity index (χ1v) is 18.6. The van der Waals surface area contributed by atoms with Crippen LogP contribution in [-0.2, 0) is 20.8 Å².